The molecule has 2 aliphatic rings. The lowest BCUT2D eigenvalue weighted by molar-refractivity contribution is -0.148. The molecule has 0 spiro atoms. The number of hydrogen-bond donors (Lipinski definition) is 1. The van der Waals surface area contributed by atoms with Gasteiger partial charge in [-0.15, -0.1) is 0 Å². The van der Waals surface area contributed by atoms with Gasteiger partial charge in [0.15, 0.2) is 11.6 Å². The Morgan fingerprint density at radius 2 is 1.88 bits per heavy atom. The monoisotopic (exact) mass is 344 g/mol. The summed E-state index contributed by atoms with van der Waals surface area (Å²) in [6.45, 7) is 1.73. The molecule has 2 bridgehead atoms. The van der Waals surface area contributed by atoms with Gasteiger partial charge in [-0.1, -0.05) is 24.6 Å². The summed E-state index contributed by atoms with van der Waals surface area (Å²) in [6, 6.07) is 8.13. The fraction of sp³-hybridized carbons (Fsp3) is 0.450. The molecule has 1 aliphatic carbocycles. The molecule has 0 radical (unpaired) electrons. The Balaban J connectivity index is 1.58. The van der Waals surface area contributed by atoms with Gasteiger partial charge in [0.2, 0.25) is 0 Å². The van der Waals surface area contributed by atoms with Gasteiger partial charge in [-0.3, -0.25) is 9.88 Å². The van der Waals surface area contributed by atoms with Gasteiger partial charge in [0.05, 0.1) is 5.60 Å². The van der Waals surface area contributed by atoms with Crippen LogP contribution in [0.1, 0.15) is 30.4 Å². The number of fused-ring (bicyclic) bond motifs is 2. The Labute approximate surface area is 146 Å². The van der Waals surface area contributed by atoms with Crippen molar-refractivity contribution in [2.75, 3.05) is 13.1 Å². The van der Waals surface area contributed by atoms with Gasteiger partial charge in [-0.25, -0.2) is 8.78 Å². The van der Waals surface area contributed by atoms with Crippen LogP contribution in [0.15, 0.2) is 42.7 Å². The Bertz CT molecular complexity index is 739. The second kappa shape index (κ2) is 6.46. The summed E-state index contributed by atoms with van der Waals surface area (Å²) in [4.78, 5) is 6.33. The third-order valence-corrected chi connectivity index (χ3v) is 5.86. The Hall–Kier alpha value is -1.85. The van der Waals surface area contributed by atoms with E-state index in [0.717, 1.165) is 30.9 Å². The minimum atomic E-state index is -0.872. The van der Waals surface area contributed by atoms with Crippen LogP contribution in [0.4, 0.5) is 8.78 Å². The third-order valence-electron chi connectivity index (χ3n) is 5.86. The third kappa shape index (κ3) is 2.85. The van der Waals surface area contributed by atoms with E-state index in [1.54, 1.807) is 24.5 Å². The van der Waals surface area contributed by atoms with Gasteiger partial charge >= 0.3 is 0 Å². The topological polar surface area (TPSA) is 36.4 Å². The number of rotatable bonds is 3. The molecule has 132 valence electrons. The summed E-state index contributed by atoms with van der Waals surface area (Å²) in [6.07, 6.45) is 6.44. The van der Waals surface area contributed by atoms with Crippen LogP contribution in [-0.4, -0.2) is 28.1 Å². The van der Waals surface area contributed by atoms with Crippen molar-refractivity contribution in [2.45, 2.75) is 31.4 Å². The molecular formula is C20H22F2N2O. The number of hydrogen-bond acceptors (Lipinski definition) is 3. The van der Waals surface area contributed by atoms with Gasteiger partial charge in [-0.05, 0) is 25.0 Å². The van der Waals surface area contributed by atoms with Crippen LogP contribution in [0.3, 0.4) is 0 Å². The highest BCUT2D eigenvalue weighted by molar-refractivity contribution is 5.24. The van der Waals surface area contributed by atoms with E-state index in [4.69, 9.17) is 0 Å². The number of nitrogens with zero attached hydrogens (tertiary/aromatic N) is 2. The zero-order valence-corrected chi connectivity index (χ0v) is 14.0. The highest BCUT2D eigenvalue weighted by Crippen LogP contribution is 2.49. The fourth-order valence-electron chi connectivity index (χ4n) is 4.65. The van der Waals surface area contributed by atoms with Gasteiger partial charge in [0.1, 0.15) is 0 Å². The number of piperidine rings is 1. The molecule has 2 aromatic rings. The average Bonchev–Trinajstić information content (AvgIpc) is 2.60. The second-order valence-corrected chi connectivity index (χ2v) is 7.30. The quantitative estimate of drug-likeness (QED) is 0.926. The molecule has 1 saturated heterocycles. The molecule has 4 rings (SSSR count). The summed E-state index contributed by atoms with van der Waals surface area (Å²) < 4.78 is 27.5. The van der Waals surface area contributed by atoms with Crippen LogP contribution in [0.2, 0.25) is 0 Å². The van der Waals surface area contributed by atoms with Crippen LogP contribution in [-0.2, 0) is 12.1 Å². The van der Waals surface area contributed by atoms with E-state index in [-0.39, 0.29) is 11.8 Å². The summed E-state index contributed by atoms with van der Waals surface area (Å²) in [5.41, 5.74) is 0.384. The van der Waals surface area contributed by atoms with E-state index in [0.29, 0.717) is 25.2 Å². The smallest absolute Gasteiger partial charge is 0.163 e. The second-order valence-electron chi connectivity index (χ2n) is 7.30. The van der Waals surface area contributed by atoms with Crippen LogP contribution in [0.5, 0.6) is 0 Å². The Morgan fingerprint density at radius 3 is 2.56 bits per heavy atom. The van der Waals surface area contributed by atoms with Crippen molar-refractivity contribution in [1.29, 1.82) is 0 Å². The highest BCUT2D eigenvalue weighted by Gasteiger charge is 2.51. The Morgan fingerprint density at radius 1 is 1.12 bits per heavy atom. The first-order valence-electron chi connectivity index (χ1n) is 8.87. The maximum Gasteiger partial charge on any atom is 0.163 e. The van der Waals surface area contributed by atoms with Crippen molar-refractivity contribution in [3.05, 3.63) is 65.5 Å². The van der Waals surface area contributed by atoms with Gasteiger partial charge in [0, 0.05) is 55.0 Å². The van der Waals surface area contributed by atoms with Crippen LogP contribution in [0.25, 0.3) is 0 Å². The van der Waals surface area contributed by atoms with E-state index in [2.05, 4.69) is 9.88 Å². The first-order chi connectivity index (χ1) is 12.1. The minimum absolute atomic E-state index is 0.0841. The number of likely N-dealkylation sites (tertiary alicyclic amines) is 1. The zero-order chi connectivity index (χ0) is 17.4. The van der Waals surface area contributed by atoms with Crippen molar-refractivity contribution in [1.82, 2.24) is 9.88 Å². The molecule has 25 heavy (non-hydrogen) atoms. The lowest BCUT2D eigenvalue weighted by Crippen LogP contribution is -2.57. The highest BCUT2D eigenvalue weighted by atomic mass is 19.2. The zero-order valence-electron chi connectivity index (χ0n) is 14.0. The Kier molecular flexibility index (Phi) is 4.29. The number of aliphatic hydroxyl groups is 1. The fourth-order valence-corrected chi connectivity index (χ4v) is 4.65. The van der Waals surface area contributed by atoms with Gasteiger partial charge in [-0.2, -0.15) is 0 Å². The molecule has 5 heteroatoms. The van der Waals surface area contributed by atoms with Crippen molar-refractivity contribution in [3.8, 4) is 0 Å². The van der Waals surface area contributed by atoms with Crippen molar-refractivity contribution < 1.29 is 13.9 Å². The molecule has 3 nitrogen and oxygen atoms in total. The maximum absolute atomic E-state index is 14.0. The minimum Gasteiger partial charge on any atom is -0.384 e. The van der Waals surface area contributed by atoms with Gasteiger partial charge in [0.25, 0.3) is 0 Å². The maximum atomic E-state index is 14.0. The lowest BCUT2D eigenvalue weighted by atomic mass is 9.63. The molecule has 1 aromatic carbocycles. The molecule has 1 N–H and O–H groups in total. The summed E-state index contributed by atoms with van der Waals surface area (Å²) in [5, 5.41) is 11.5. The number of pyridine rings is 1. The predicted octanol–water partition coefficient (Wildman–Crippen LogP) is 3.48. The standard InChI is InChI=1S/C20H22F2N2O/c21-18-8-1-4-14(19(18)22)11-24-12-16-5-2-6-17(13-24)20(16,25)15-7-3-9-23-10-15/h1,3-4,7-10,16-17,25H,2,5-6,11-13H2/t16-,17+,20?. The van der Waals surface area contributed by atoms with Crippen LogP contribution in [0, 0.1) is 23.5 Å². The van der Waals surface area contributed by atoms with Crippen molar-refractivity contribution in [3.63, 3.8) is 0 Å². The molecular weight excluding hydrogens is 322 g/mol. The molecule has 0 amide bonds. The van der Waals surface area contributed by atoms with E-state index < -0.39 is 17.2 Å². The predicted molar refractivity (Wildman–Crippen MR) is 90.6 cm³/mol. The van der Waals surface area contributed by atoms with E-state index in [9.17, 15) is 13.9 Å². The molecule has 2 heterocycles. The first-order valence-corrected chi connectivity index (χ1v) is 8.87. The van der Waals surface area contributed by atoms with Crippen LogP contribution >= 0.6 is 0 Å². The average molecular weight is 344 g/mol. The van der Waals surface area contributed by atoms with Crippen LogP contribution < -0.4 is 0 Å². The van der Waals surface area contributed by atoms with Gasteiger partial charge < -0.3 is 5.11 Å². The molecule has 1 unspecified atom stereocenters. The summed E-state index contributed by atoms with van der Waals surface area (Å²) >= 11 is 0. The molecule has 1 aromatic heterocycles. The van der Waals surface area contributed by atoms with Crippen molar-refractivity contribution in [2.24, 2.45) is 11.8 Å². The largest absolute Gasteiger partial charge is 0.384 e. The summed E-state index contributed by atoms with van der Waals surface area (Å²) in [5.74, 6) is -1.40. The number of benzene rings is 1. The molecule has 2 fully saturated rings. The molecule has 1 saturated carbocycles. The SMILES string of the molecule is OC1(c2cccnc2)[C@@H]2CCC[C@H]1CN(Cc1cccc(F)c1F)C2. The number of aromatic nitrogens is 1. The molecule has 3 atom stereocenters. The lowest BCUT2D eigenvalue weighted by Gasteiger charge is -2.53. The first kappa shape index (κ1) is 16.6. The molecule has 1 aliphatic heterocycles. The number of halogens is 2. The van der Waals surface area contributed by atoms with E-state index in [1.165, 1.54) is 0 Å². The van der Waals surface area contributed by atoms with E-state index >= 15 is 0 Å². The normalized spacial score (nSPS) is 29.6. The summed E-state index contributed by atoms with van der Waals surface area (Å²) in [7, 11) is 0. The van der Waals surface area contributed by atoms with E-state index in [1.807, 2.05) is 12.1 Å². The van der Waals surface area contributed by atoms with Crippen molar-refractivity contribution >= 4 is 0 Å².